The average molecular weight is 426 g/mol. The van der Waals surface area contributed by atoms with Gasteiger partial charge in [0.2, 0.25) is 0 Å². The van der Waals surface area contributed by atoms with E-state index in [-0.39, 0.29) is 12.4 Å². The molecular weight excluding hydrogens is 409 g/mol. The van der Waals surface area contributed by atoms with E-state index in [1.807, 2.05) is 12.1 Å². The zero-order chi connectivity index (χ0) is 17.8. The number of aliphatic hydroxyl groups excluding tert-OH is 1. The first kappa shape index (κ1) is 18.1. The lowest BCUT2D eigenvalue weighted by molar-refractivity contribution is 0.296. The molecule has 0 unspecified atom stereocenters. The van der Waals surface area contributed by atoms with Gasteiger partial charge < -0.3 is 10.8 Å². The molecule has 0 atom stereocenters. The van der Waals surface area contributed by atoms with Crippen LogP contribution < -0.4 is 5.73 Å². The number of thioether (sulfide) groups is 1. The molecule has 0 aliphatic heterocycles. The van der Waals surface area contributed by atoms with Crippen molar-refractivity contribution in [2.75, 3.05) is 18.1 Å². The Hall–Kier alpha value is -1.71. The Balaban J connectivity index is 1.83. The van der Waals surface area contributed by atoms with Crippen molar-refractivity contribution < 1.29 is 9.50 Å². The van der Waals surface area contributed by atoms with Crippen LogP contribution in [0.5, 0.6) is 0 Å². The van der Waals surface area contributed by atoms with E-state index in [4.69, 9.17) is 10.8 Å². The number of imidazole rings is 1. The van der Waals surface area contributed by atoms with Crippen molar-refractivity contribution in [1.29, 1.82) is 0 Å². The molecule has 9 heteroatoms. The Morgan fingerprint density at radius 1 is 1.24 bits per heavy atom. The minimum atomic E-state index is -0.868. The Morgan fingerprint density at radius 3 is 2.84 bits per heavy atom. The van der Waals surface area contributed by atoms with Crippen molar-refractivity contribution in [2.45, 2.75) is 18.7 Å². The van der Waals surface area contributed by atoms with Crippen molar-refractivity contribution in [3.63, 3.8) is 0 Å². The summed E-state index contributed by atoms with van der Waals surface area (Å²) < 4.78 is 15.8. The monoisotopic (exact) mass is 425 g/mol. The van der Waals surface area contributed by atoms with E-state index in [2.05, 4.69) is 43.0 Å². The summed E-state index contributed by atoms with van der Waals surface area (Å²) in [6, 6.07) is 8.16. The third-order valence-corrected chi connectivity index (χ3v) is 5.32. The highest BCUT2D eigenvalue weighted by molar-refractivity contribution is 9.10. The first-order valence-electron chi connectivity index (χ1n) is 7.69. The summed E-state index contributed by atoms with van der Waals surface area (Å²) in [5.74, 6) is 1.83. The van der Waals surface area contributed by atoms with Gasteiger partial charge in [-0.3, -0.25) is 4.57 Å². The molecule has 0 aliphatic rings. The number of nitrogens with zero attached hydrogens (tertiary/aromatic N) is 4. The fraction of sp³-hybridized carbons (Fsp3) is 0.312. The normalized spacial score (nSPS) is 11.3. The highest BCUT2D eigenvalue weighted by atomic mass is 79.9. The second-order valence-corrected chi connectivity index (χ2v) is 7.28. The van der Waals surface area contributed by atoms with Gasteiger partial charge in [0.15, 0.2) is 21.7 Å². The average Bonchev–Trinajstić information content (AvgIpc) is 2.89. The molecule has 0 saturated carbocycles. The second kappa shape index (κ2) is 8.11. The quantitative estimate of drug-likeness (QED) is 0.343. The smallest absolute Gasteiger partial charge is 0.312 e. The van der Waals surface area contributed by atoms with E-state index in [0.717, 1.165) is 23.5 Å². The molecule has 3 N–H and O–H groups in total. The van der Waals surface area contributed by atoms with Crippen LogP contribution >= 0.6 is 27.7 Å². The molecule has 0 bridgehead atoms. The van der Waals surface area contributed by atoms with E-state index < -0.39 is 6.08 Å². The number of rotatable bonds is 7. The van der Waals surface area contributed by atoms with Crippen LogP contribution in [0.1, 0.15) is 17.5 Å². The Kier molecular flexibility index (Phi) is 5.87. The van der Waals surface area contributed by atoms with Crippen LogP contribution in [0.2, 0.25) is 0 Å². The number of aromatic nitrogens is 4. The molecule has 132 valence electrons. The van der Waals surface area contributed by atoms with Crippen LogP contribution in [0.4, 0.5) is 10.2 Å². The van der Waals surface area contributed by atoms with E-state index in [0.29, 0.717) is 22.4 Å². The molecule has 2 aromatic heterocycles. The van der Waals surface area contributed by atoms with E-state index >= 15 is 0 Å². The number of anilines is 1. The van der Waals surface area contributed by atoms with E-state index in [1.54, 1.807) is 16.3 Å². The molecule has 6 nitrogen and oxygen atoms in total. The Labute approximate surface area is 156 Å². The second-order valence-electron chi connectivity index (χ2n) is 5.47. The van der Waals surface area contributed by atoms with Crippen LogP contribution in [0, 0.1) is 6.08 Å². The zero-order valence-electron chi connectivity index (χ0n) is 13.3. The molecule has 0 fully saturated rings. The molecule has 3 aromatic rings. The minimum absolute atomic E-state index is 0.0241. The maximum atomic E-state index is 13.5. The highest BCUT2D eigenvalue weighted by Crippen LogP contribution is 2.24. The van der Waals surface area contributed by atoms with Gasteiger partial charge in [0.1, 0.15) is 0 Å². The van der Waals surface area contributed by atoms with Crippen LogP contribution in [-0.2, 0) is 12.3 Å². The topological polar surface area (TPSA) is 89.9 Å². The van der Waals surface area contributed by atoms with Gasteiger partial charge >= 0.3 is 6.08 Å². The third kappa shape index (κ3) is 4.28. The zero-order valence-corrected chi connectivity index (χ0v) is 15.7. The van der Waals surface area contributed by atoms with Crippen molar-refractivity contribution in [2.24, 2.45) is 0 Å². The maximum absolute atomic E-state index is 13.5. The molecule has 0 aliphatic carbocycles. The van der Waals surface area contributed by atoms with Gasteiger partial charge in [0, 0.05) is 12.4 Å². The summed E-state index contributed by atoms with van der Waals surface area (Å²) in [5, 5.41) is 8.83. The van der Waals surface area contributed by atoms with Crippen LogP contribution in [0.25, 0.3) is 11.2 Å². The summed E-state index contributed by atoms with van der Waals surface area (Å²) in [5.41, 5.74) is 8.72. The summed E-state index contributed by atoms with van der Waals surface area (Å²) in [4.78, 5) is 11.6. The Morgan fingerprint density at radius 2 is 2.04 bits per heavy atom. The summed E-state index contributed by atoms with van der Waals surface area (Å²) >= 11 is 5.16. The van der Waals surface area contributed by atoms with E-state index in [9.17, 15) is 4.39 Å². The van der Waals surface area contributed by atoms with Crippen LogP contribution in [0.3, 0.4) is 0 Å². The molecule has 0 radical (unpaired) electrons. The third-order valence-electron chi connectivity index (χ3n) is 3.60. The molecular formula is C16H17BrFN5OS. The van der Waals surface area contributed by atoms with Gasteiger partial charge in [-0.25, -0.2) is 4.98 Å². The predicted octanol–water partition coefficient (Wildman–Crippen LogP) is 2.97. The predicted molar refractivity (Wildman–Crippen MR) is 101 cm³/mol. The lowest BCUT2D eigenvalue weighted by Crippen LogP contribution is -2.04. The molecule has 0 amide bonds. The minimum Gasteiger partial charge on any atom is -0.396 e. The van der Waals surface area contributed by atoms with Gasteiger partial charge in [0.05, 0.1) is 6.54 Å². The van der Waals surface area contributed by atoms with Crippen molar-refractivity contribution in [3.8, 4) is 0 Å². The summed E-state index contributed by atoms with van der Waals surface area (Å²) in [6.45, 7) is 0.707. The van der Waals surface area contributed by atoms with Gasteiger partial charge in [0.25, 0.3) is 0 Å². The Bertz CT molecular complexity index is 888. The number of benzene rings is 1. The molecule has 25 heavy (non-hydrogen) atoms. The molecule has 2 heterocycles. The van der Waals surface area contributed by atoms with E-state index in [1.165, 1.54) is 5.56 Å². The van der Waals surface area contributed by atoms with Crippen molar-refractivity contribution >= 4 is 44.7 Å². The summed E-state index contributed by atoms with van der Waals surface area (Å²) in [6.07, 6.45) is -0.0712. The number of hydrogen-bond donors (Lipinski definition) is 2. The molecule has 0 saturated heterocycles. The van der Waals surface area contributed by atoms with Gasteiger partial charge in [-0.15, -0.1) is 0 Å². The fourth-order valence-electron chi connectivity index (χ4n) is 2.46. The fourth-order valence-corrected chi connectivity index (χ4v) is 3.83. The number of nitrogens with two attached hydrogens (primary N) is 1. The number of nitrogen functional groups attached to an aromatic ring is 1. The van der Waals surface area contributed by atoms with Gasteiger partial charge in [-0.05, 0) is 39.2 Å². The lowest BCUT2D eigenvalue weighted by Gasteiger charge is -2.08. The van der Waals surface area contributed by atoms with Gasteiger partial charge in [-0.1, -0.05) is 24.3 Å². The molecule has 1 aromatic carbocycles. The SMILES string of the molecule is Nc1nc(F)nc2c1nc(Br)n2Cc1cccc(CSCCCO)c1. The largest absolute Gasteiger partial charge is 0.396 e. The highest BCUT2D eigenvalue weighted by Gasteiger charge is 2.15. The maximum Gasteiger partial charge on any atom is 0.312 e. The van der Waals surface area contributed by atoms with Crippen LogP contribution in [-0.4, -0.2) is 37.0 Å². The lowest BCUT2D eigenvalue weighted by atomic mass is 10.1. The van der Waals surface area contributed by atoms with Crippen LogP contribution in [0.15, 0.2) is 29.0 Å². The molecule has 3 rings (SSSR count). The number of hydrogen-bond acceptors (Lipinski definition) is 6. The number of aliphatic hydroxyl groups is 1. The molecule has 0 spiro atoms. The van der Waals surface area contributed by atoms with Gasteiger partial charge in [-0.2, -0.15) is 26.1 Å². The first-order chi connectivity index (χ1) is 12.1. The summed E-state index contributed by atoms with van der Waals surface area (Å²) in [7, 11) is 0. The van der Waals surface area contributed by atoms with Crippen molar-refractivity contribution in [1.82, 2.24) is 19.5 Å². The standard InChI is InChI=1S/C16H17BrFN5OS/c17-15-20-12-13(19)21-16(18)22-14(12)23(15)8-10-3-1-4-11(7-10)9-25-6-2-5-24/h1,3-4,7,24H,2,5-6,8-9H2,(H2,19,21,22). The van der Waals surface area contributed by atoms with Crippen molar-refractivity contribution in [3.05, 3.63) is 46.2 Å². The number of halogens is 2. The number of fused-ring (bicyclic) bond motifs is 1. The first-order valence-corrected chi connectivity index (χ1v) is 9.64.